The Morgan fingerprint density at radius 1 is 1.15 bits per heavy atom. The van der Waals surface area contributed by atoms with Crippen LogP contribution in [-0.4, -0.2) is 17.4 Å². The van der Waals surface area contributed by atoms with Gasteiger partial charge in [0.2, 0.25) is 0 Å². The molecule has 1 aromatic heterocycles. The Hall–Kier alpha value is -1.78. The summed E-state index contributed by atoms with van der Waals surface area (Å²) in [5.74, 6) is 1.77. The van der Waals surface area contributed by atoms with E-state index in [1.807, 2.05) is 12.1 Å². The Balaban J connectivity index is 1.52. The van der Waals surface area contributed by atoms with E-state index in [1.54, 1.807) is 18.3 Å². The molecule has 2 aliphatic rings. The van der Waals surface area contributed by atoms with Crippen LogP contribution in [0, 0.1) is 5.92 Å². The van der Waals surface area contributed by atoms with Crippen LogP contribution in [0.4, 0.5) is 11.5 Å². The van der Waals surface area contributed by atoms with E-state index in [-0.39, 0.29) is 5.91 Å². The van der Waals surface area contributed by atoms with Crippen LogP contribution in [0.15, 0.2) is 30.5 Å². The minimum absolute atomic E-state index is 0.0117. The summed E-state index contributed by atoms with van der Waals surface area (Å²) < 4.78 is 0. The standard InChI is InChI=1S/C20H21Cl2N3O/c21-14-6-7-18(17(22)8-14)25-19-9-15(13-4-5-13)16(11-23-19)20(26)24-10-12-2-1-3-12/h6-9,11-13H,1-5,10H2,(H,23,25)(H,24,26). The summed E-state index contributed by atoms with van der Waals surface area (Å²) in [5.41, 5.74) is 2.51. The van der Waals surface area contributed by atoms with E-state index in [0.717, 1.165) is 30.6 Å². The van der Waals surface area contributed by atoms with Gasteiger partial charge in [0, 0.05) is 17.8 Å². The highest BCUT2D eigenvalue weighted by molar-refractivity contribution is 6.36. The number of halogens is 2. The van der Waals surface area contributed by atoms with E-state index in [9.17, 15) is 4.79 Å². The van der Waals surface area contributed by atoms with Crippen molar-refractivity contribution in [2.45, 2.75) is 38.0 Å². The second kappa shape index (κ2) is 7.45. The van der Waals surface area contributed by atoms with Crippen LogP contribution in [0.1, 0.15) is 53.9 Å². The van der Waals surface area contributed by atoms with E-state index < -0.39 is 0 Å². The van der Waals surface area contributed by atoms with Crippen LogP contribution < -0.4 is 10.6 Å². The first kappa shape index (κ1) is 17.6. The molecule has 6 heteroatoms. The van der Waals surface area contributed by atoms with Crippen molar-refractivity contribution in [2.24, 2.45) is 5.92 Å². The average molecular weight is 390 g/mol. The van der Waals surface area contributed by atoms with E-state index in [4.69, 9.17) is 23.2 Å². The molecular weight excluding hydrogens is 369 g/mol. The SMILES string of the molecule is O=C(NCC1CCC1)c1cnc(Nc2ccc(Cl)cc2Cl)cc1C1CC1. The Morgan fingerprint density at radius 3 is 2.62 bits per heavy atom. The van der Waals surface area contributed by atoms with Crippen molar-refractivity contribution in [2.75, 3.05) is 11.9 Å². The molecule has 4 nitrogen and oxygen atoms in total. The molecule has 2 saturated carbocycles. The molecular formula is C20H21Cl2N3O. The molecule has 0 spiro atoms. The van der Waals surface area contributed by atoms with E-state index in [0.29, 0.717) is 33.3 Å². The Bertz CT molecular complexity index is 832. The summed E-state index contributed by atoms with van der Waals surface area (Å²) in [6.45, 7) is 0.767. The molecule has 2 aliphatic carbocycles. The Morgan fingerprint density at radius 2 is 1.96 bits per heavy atom. The van der Waals surface area contributed by atoms with Crippen molar-refractivity contribution in [1.82, 2.24) is 10.3 Å². The summed E-state index contributed by atoms with van der Waals surface area (Å²) in [5, 5.41) is 7.42. The number of rotatable bonds is 6. The summed E-state index contributed by atoms with van der Waals surface area (Å²) in [6.07, 6.45) is 7.64. The predicted octanol–water partition coefficient (Wildman–Crippen LogP) is 5.54. The molecule has 2 N–H and O–H groups in total. The third-order valence-corrected chi connectivity index (χ3v) is 5.72. The average Bonchev–Trinajstić information content (AvgIpc) is 3.41. The zero-order valence-electron chi connectivity index (χ0n) is 14.4. The van der Waals surface area contributed by atoms with Crippen LogP contribution in [-0.2, 0) is 0 Å². The molecule has 1 amide bonds. The molecule has 1 heterocycles. The van der Waals surface area contributed by atoms with Crippen LogP contribution in [0.25, 0.3) is 0 Å². The largest absolute Gasteiger partial charge is 0.352 e. The smallest absolute Gasteiger partial charge is 0.253 e. The van der Waals surface area contributed by atoms with Gasteiger partial charge in [-0.15, -0.1) is 0 Å². The summed E-state index contributed by atoms with van der Waals surface area (Å²) in [6, 6.07) is 7.26. The van der Waals surface area contributed by atoms with Gasteiger partial charge in [-0.1, -0.05) is 29.6 Å². The van der Waals surface area contributed by atoms with Gasteiger partial charge >= 0.3 is 0 Å². The van der Waals surface area contributed by atoms with E-state index in [1.165, 1.54) is 19.3 Å². The molecule has 0 saturated heterocycles. The summed E-state index contributed by atoms with van der Waals surface area (Å²) in [7, 11) is 0. The third kappa shape index (κ3) is 3.97. The molecule has 4 rings (SSSR count). The first-order chi connectivity index (χ1) is 12.6. The molecule has 136 valence electrons. The lowest BCUT2D eigenvalue weighted by atomic mass is 9.85. The van der Waals surface area contributed by atoms with Gasteiger partial charge in [-0.3, -0.25) is 4.79 Å². The van der Waals surface area contributed by atoms with Gasteiger partial charge < -0.3 is 10.6 Å². The highest BCUT2D eigenvalue weighted by Crippen LogP contribution is 2.42. The molecule has 0 bridgehead atoms. The van der Waals surface area contributed by atoms with Gasteiger partial charge in [0.05, 0.1) is 16.3 Å². The maximum Gasteiger partial charge on any atom is 0.253 e. The molecule has 0 aliphatic heterocycles. The number of anilines is 2. The number of aromatic nitrogens is 1. The minimum Gasteiger partial charge on any atom is -0.352 e. The van der Waals surface area contributed by atoms with Crippen molar-refractivity contribution < 1.29 is 4.79 Å². The number of nitrogens with zero attached hydrogens (tertiary/aromatic N) is 1. The monoisotopic (exact) mass is 389 g/mol. The second-order valence-electron chi connectivity index (χ2n) is 7.19. The number of carbonyl (C=O) groups is 1. The Labute approximate surface area is 163 Å². The van der Waals surface area contributed by atoms with Crippen LogP contribution >= 0.6 is 23.2 Å². The van der Waals surface area contributed by atoms with Gasteiger partial charge in [-0.2, -0.15) is 0 Å². The molecule has 0 radical (unpaired) electrons. The Kier molecular flexibility index (Phi) is 5.05. The number of hydrogen-bond donors (Lipinski definition) is 2. The van der Waals surface area contributed by atoms with Gasteiger partial charge in [0.1, 0.15) is 5.82 Å². The molecule has 0 unspecified atom stereocenters. The number of pyridine rings is 1. The predicted molar refractivity (Wildman–Crippen MR) is 106 cm³/mol. The molecule has 0 atom stereocenters. The fourth-order valence-corrected chi connectivity index (χ4v) is 3.67. The lowest BCUT2D eigenvalue weighted by Crippen LogP contribution is -2.32. The van der Waals surface area contributed by atoms with Crippen LogP contribution in [0.5, 0.6) is 0 Å². The fourth-order valence-electron chi connectivity index (χ4n) is 3.22. The number of amides is 1. The van der Waals surface area contributed by atoms with Gasteiger partial charge in [-0.25, -0.2) is 4.98 Å². The number of nitrogens with one attached hydrogen (secondary N) is 2. The first-order valence-electron chi connectivity index (χ1n) is 9.10. The van der Waals surface area contributed by atoms with Crippen molar-refractivity contribution >= 4 is 40.6 Å². The lowest BCUT2D eigenvalue weighted by molar-refractivity contribution is 0.0937. The van der Waals surface area contributed by atoms with Gasteiger partial charge in [-0.05, 0) is 67.3 Å². The zero-order chi connectivity index (χ0) is 18.1. The topological polar surface area (TPSA) is 54.0 Å². The quantitative estimate of drug-likeness (QED) is 0.681. The highest BCUT2D eigenvalue weighted by Gasteiger charge is 2.29. The first-order valence-corrected chi connectivity index (χ1v) is 9.86. The van der Waals surface area contributed by atoms with Crippen molar-refractivity contribution in [3.63, 3.8) is 0 Å². The molecule has 2 fully saturated rings. The van der Waals surface area contributed by atoms with Crippen molar-refractivity contribution in [3.8, 4) is 0 Å². The van der Waals surface area contributed by atoms with E-state index >= 15 is 0 Å². The van der Waals surface area contributed by atoms with Gasteiger partial charge in [0.15, 0.2) is 0 Å². The van der Waals surface area contributed by atoms with E-state index in [2.05, 4.69) is 15.6 Å². The molecule has 26 heavy (non-hydrogen) atoms. The molecule has 2 aromatic rings. The summed E-state index contributed by atoms with van der Waals surface area (Å²) in [4.78, 5) is 17.0. The zero-order valence-corrected chi connectivity index (χ0v) is 15.9. The third-order valence-electron chi connectivity index (χ3n) is 5.17. The maximum absolute atomic E-state index is 12.6. The lowest BCUT2D eigenvalue weighted by Gasteiger charge is -2.25. The van der Waals surface area contributed by atoms with Crippen molar-refractivity contribution in [1.29, 1.82) is 0 Å². The molecule has 1 aromatic carbocycles. The summed E-state index contributed by atoms with van der Waals surface area (Å²) >= 11 is 12.2. The number of carbonyl (C=O) groups excluding carboxylic acids is 1. The number of hydrogen-bond acceptors (Lipinski definition) is 3. The maximum atomic E-state index is 12.6. The second-order valence-corrected chi connectivity index (χ2v) is 8.03. The van der Waals surface area contributed by atoms with Crippen LogP contribution in [0.2, 0.25) is 10.0 Å². The van der Waals surface area contributed by atoms with Gasteiger partial charge in [0.25, 0.3) is 5.91 Å². The normalized spacial score (nSPS) is 16.8. The fraction of sp³-hybridized carbons (Fsp3) is 0.400. The minimum atomic E-state index is -0.0117. The highest BCUT2D eigenvalue weighted by atomic mass is 35.5. The number of benzene rings is 1. The van der Waals surface area contributed by atoms with Crippen molar-refractivity contribution in [3.05, 3.63) is 51.6 Å². The van der Waals surface area contributed by atoms with Crippen LogP contribution in [0.3, 0.4) is 0 Å².